The van der Waals surface area contributed by atoms with Crippen LogP contribution in [-0.4, -0.2) is 18.0 Å². The molecule has 2 aromatic carbocycles. The van der Waals surface area contributed by atoms with Crippen LogP contribution in [0.3, 0.4) is 0 Å². The number of amides is 1. The molecule has 4 rings (SSSR count). The standard InChI is InChI=1S/C22H20N2O4/c1-12(2)16-11-20(25)24-17-10-14(7-8-15(16)17)23-22(26)19-9-13-5-4-6-18(27-3)21(13)28-19/h4-12H,1-3H3,(H,23,26)(H,24,25). The first-order chi connectivity index (χ1) is 13.5. The molecule has 0 aliphatic heterocycles. The first-order valence-corrected chi connectivity index (χ1v) is 9.01. The highest BCUT2D eigenvalue weighted by Crippen LogP contribution is 2.29. The fourth-order valence-electron chi connectivity index (χ4n) is 3.34. The molecule has 0 fully saturated rings. The minimum atomic E-state index is -0.375. The SMILES string of the molecule is COc1cccc2cc(C(=O)Nc3ccc4c(C(C)C)cc(=O)[nH]c4c3)oc12. The van der Waals surface area contributed by atoms with Crippen LogP contribution < -0.4 is 15.6 Å². The van der Waals surface area contributed by atoms with Crippen molar-refractivity contribution >= 4 is 33.5 Å². The van der Waals surface area contributed by atoms with E-state index in [4.69, 9.17) is 9.15 Å². The summed E-state index contributed by atoms with van der Waals surface area (Å²) < 4.78 is 11.0. The number of pyridine rings is 1. The summed E-state index contributed by atoms with van der Waals surface area (Å²) in [7, 11) is 1.55. The van der Waals surface area contributed by atoms with Gasteiger partial charge in [-0.2, -0.15) is 0 Å². The predicted octanol–water partition coefficient (Wildman–Crippen LogP) is 4.66. The monoisotopic (exact) mass is 376 g/mol. The lowest BCUT2D eigenvalue weighted by Gasteiger charge is -2.11. The second-order valence-corrected chi connectivity index (χ2v) is 6.95. The molecule has 28 heavy (non-hydrogen) atoms. The molecular formula is C22H20N2O4. The van der Waals surface area contributed by atoms with Crippen LogP contribution >= 0.6 is 0 Å². The van der Waals surface area contributed by atoms with Crippen molar-refractivity contribution in [3.05, 3.63) is 70.2 Å². The highest BCUT2D eigenvalue weighted by atomic mass is 16.5. The zero-order chi connectivity index (χ0) is 19.8. The van der Waals surface area contributed by atoms with Crippen molar-refractivity contribution in [3.63, 3.8) is 0 Å². The topological polar surface area (TPSA) is 84.3 Å². The first kappa shape index (κ1) is 17.9. The number of nitrogens with one attached hydrogen (secondary N) is 2. The summed E-state index contributed by atoms with van der Waals surface area (Å²) in [6.07, 6.45) is 0. The summed E-state index contributed by atoms with van der Waals surface area (Å²) in [5.41, 5.74) is 2.59. The molecule has 142 valence electrons. The van der Waals surface area contributed by atoms with Crippen molar-refractivity contribution in [2.75, 3.05) is 12.4 Å². The second-order valence-electron chi connectivity index (χ2n) is 6.95. The van der Waals surface area contributed by atoms with E-state index in [1.165, 1.54) is 0 Å². The number of carbonyl (C=O) groups excluding carboxylic acids is 1. The quantitative estimate of drug-likeness (QED) is 0.543. The van der Waals surface area contributed by atoms with Gasteiger partial charge in [0, 0.05) is 22.5 Å². The number of fused-ring (bicyclic) bond motifs is 2. The lowest BCUT2D eigenvalue weighted by atomic mass is 9.99. The second kappa shape index (κ2) is 6.88. The van der Waals surface area contributed by atoms with Crippen LogP contribution in [0.15, 0.2) is 57.7 Å². The molecule has 2 heterocycles. The minimum Gasteiger partial charge on any atom is -0.493 e. The lowest BCUT2D eigenvalue weighted by molar-refractivity contribution is 0.0998. The van der Waals surface area contributed by atoms with E-state index >= 15 is 0 Å². The van der Waals surface area contributed by atoms with E-state index in [-0.39, 0.29) is 23.1 Å². The third-order valence-electron chi connectivity index (χ3n) is 4.71. The van der Waals surface area contributed by atoms with E-state index in [2.05, 4.69) is 10.3 Å². The van der Waals surface area contributed by atoms with Crippen molar-refractivity contribution in [1.29, 1.82) is 0 Å². The van der Waals surface area contributed by atoms with Crippen molar-refractivity contribution in [1.82, 2.24) is 4.98 Å². The Bertz CT molecular complexity index is 1250. The number of hydrogen-bond donors (Lipinski definition) is 2. The molecule has 0 bridgehead atoms. The van der Waals surface area contributed by atoms with E-state index in [1.54, 1.807) is 31.4 Å². The largest absolute Gasteiger partial charge is 0.493 e. The molecular weight excluding hydrogens is 356 g/mol. The van der Waals surface area contributed by atoms with Crippen molar-refractivity contribution in [3.8, 4) is 5.75 Å². The molecule has 0 spiro atoms. The van der Waals surface area contributed by atoms with Crippen LogP contribution in [0.2, 0.25) is 0 Å². The summed E-state index contributed by atoms with van der Waals surface area (Å²) in [6.45, 7) is 4.08. The Morgan fingerprint density at radius 1 is 1.14 bits per heavy atom. The van der Waals surface area contributed by atoms with Crippen LogP contribution in [0.1, 0.15) is 35.9 Å². The molecule has 0 aliphatic rings. The Morgan fingerprint density at radius 2 is 1.96 bits per heavy atom. The smallest absolute Gasteiger partial charge is 0.291 e. The maximum atomic E-state index is 12.6. The van der Waals surface area contributed by atoms with Gasteiger partial charge in [-0.25, -0.2) is 0 Å². The number of aromatic amines is 1. The molecule has 0 aliphatic carbocycles. The molecule has 0 radical (unpaired) electrons. The zero-order valence-corrected chi connectivity index (χ0v) is 15.8. The Kier molecular flexibility index (Phi) is 4.39. The number of anilines is 1. The van der Waals surface area contributed by atoms with Crippen LogP contribution in [0, 0.1) is 0 Å². The molecule has 0 saturated carbocycles. The Labute approximate surface area is 161 Å². The van der Waals surface area contributed by atoms with E-state index in [0.717, 1.165) is 16.3 Å². The average molecular weight is 376 g/mol. The van der Waals surface area contributed by atoms with Gasteiger partial charge in [-0.15, -0.1) is 0 Å². The van der Waals surface area contributed by atoms with Crippen LogP contribution in [0.4, 0.5) is 5.69 Å². The van der Waals surface area contributed by atoms with Gasteiger partial charge in [0.1, 0.15) is 0 Å². The summed E-state index contributed by atoms with van der Waals surface area (Å²) >= 11 is 0. The molecule has 0 atom stereocenters. The van der Waals surface area contributed by atoms with Crippen LogP contribution in [0.5, 0.6) is 5.75 Å². The number of benzene rings is 2. The van der Waals surface area contributed by atoms with E-state index in [9.17, 15) is 9.59 Å². The van der Waals surface area contributed by atoms with Gasteiger partial charge in [0.05, 0.1) is 12.6 Å². The van der Waals surface area contributed by atoms with Gasteiger partial charge in [0.15, 0.2) is 17.1 Å². The van der Waals surface area contributed by atoms with Gasteiger partial charge in [-0.3, -0.25) is 9.59 Å². The maximum Gasteiger partial charge on any atom is 0.291 e. The average Bonchev–Trinajstić information content (AvgIpc) is 3.11. The normalized spacial score (nSPS) is 11.3. The Hall–Kier alpha value is -3.54. The number of H-pyrrole nitrogens is 1. The predicted molar refractivity (Wildman–Crippen MR) is 109 cm³/mol. The van der Waals surface area contributed by atoms with Gasteiger partial charge in [0.25, 0.3) is 5.91 Å². The summed E-state index contributed by atoms with van der Waals surface area (Å²) in [4.78, 5) is 27.4. The summed E-state index contributed by atoms with van der Waals surface area (Å²) in [5.74, 6) is 0.598. The number of para-hydroxylation sites is 1. The Morgan fingerprint density at radius 3 is 2.71 bits per heavy atom. The number of carbonyl (C=O) groups is 1. The van der Waals surface area contributed by atoms with E-state index < -0.39 is 0 Å². The Balaban J connectivity index is 1.68. The molecule has 0 saturated heterocycles. The van der Waals surface area contributed by atoms with Crippen LogP contribution in [0.25, 0.3) is 21.9 Å². The van der Waals surface area contributed by atoms with Gasteiger partial charge in [-0.1, -0.05) is 32.0 Å². The summed E-state index contributed by atoms with van der Waals surface area (Å²) in [5, 5.41) is 4.57. The highest BCUT2D eigenvalue weighted by molar-refractivity contribution is 6.05. The number of furan rings is 1. The highest BCUT2D eigenvalue weighted by Gasteiger charge is 2.16. The van der Waals surface area contributed by atoms with Gasteiger partial charge < -0.3 is 19.5 Å². The fraction of sp³-hybridized carbons (Fsp3) is 0.182. The van der Waals surface area contributed by atoms with Crippen molar-refractivity contribution in [2.45, 2.75) is 19.8 Å². The van der Waals surface area contributed by atoms with Gasteiger partial charge >= 0.3 is 0 Å². The number of rotatable bonds is 4. The molecule has 2 aromatic heterocycles. The van der Waals surface area contributed by atoms with Crippen LogP contribution in [-0.2, 0) is 0 Å². The third-order valence-corrected chi connectivity index (χ3v) is 4.71. The lowest BCUT2D eigenvalue weighted by Crippen LogP contribution is -2.12. The number of hydrogen-bond acceptors (Lipinski definition) is 4. The minimum absolute atomic E-state index is 0.163. The zero-order valence-electron chi connectivity index (χ0n) is 15.8. The molecule has 6 nitrogen and oxygen atoms in total. The third kappa shape index (κ3) is 3.13. The molecule has 6 heteroatoms. The van der Waals surface area contributed by atoms with Crippen molar-refractivity contribution < 1.29 is 13.9 Å². The number of aromatic nitrogens is 1. The maximum absolute atomic E-state index is 12.6. The number of ether oxygens (including phenoxy) is 1. The summed E-state index contributed by atoms with van der Waals surface area (Å²) in [6, 6.07) is 14.2. The molecule has 2 N–H and O–H groups in total. The van der Waals surface area contributed by atoms with Gasteiger partial charge in [-0.05, 0) is 35.7 Å². The molecule has 4 aromatic rings. The van der Waals surface area contributed by atoms with Gasteiger partial charge in [0.2, 0.25) is 5.56 Å². The number of methoxy groups -OCH3 is 1. The fourth-order valence-corrected chi connectivity index (χ4v) is 3.34. The van der Waals surface area contributed by atoms with Crippen molar-refractivity contribution in [2.24, 2.45) is 0 Å². The van der Waals surface area contributed by atoms with E-state index in [1.807, 2.05) is 38.1 Å². The van der Waals surface area contributed by atoms with E-state index in [0.29, 0.717) is 22.5 Å². The molecule has 0 unspecified atom stereocenters. The first-order valence-electron chi connectivity index (χ1n) is 9.01. The molecule has 1 amide bonds.